The third kappa shape index (κ3) is 16.9. The second-order valence-electron chi connectivity index (χ2n) is 31.5. The molecule has 5 saturated heterocycles. The van der Waals surface area contributed by atoms with Gasteiger partial charge in [-0.3, -0.25) is 4.79 Å². The number of aromatic nitrogens is 6. The van der Waals surface area contributed by atoms with Crippen molar-refractivity contribution in [3.63, 3.8) is 0 Å². The molecule has 6 aromatic heterocycles. The predicted octanol–water partition coefficient (Wildman–Crippen LogP) is 17.0. The van der Waals surface area contributed by atoms with E-state index >= 15 is 0 Å². The van der Waals surface area contributed by atoms with Crippen molar-refractivity contribution < 1.29 is 14.3 Å². The predicted molar refractivity (Wildman–Crippen MR) is 444 cm³/mol. The fourth-order valence-corrected chi connectivity index (χ4v) is 18.0. The van der Waals surface area contributed by atoms with Crippen molar-refractivity contribution in [3.8, 4) is 0 Å². The highest BCUT2D eigenvalue weighted by atomic mass is 16.5. The number of benzene rings is 7. The quantitative estimate of drug-likeness (QED) is 0.0350. The molecule has 5 aliphatic rings. The summed E-state index contributed by atoms with van der Waals surface area (Å²) in [6.07, 6.45) is 23.6. The SMILES string of the molecule is CCCC1(c2ccc3[nH]ccc3c2)CCNC1.CCCCC1(c2ccc3[nH]ccc3c2)CCNC1.CCOC(=O)c1cc2cc(C3(Cc4ccccc4)CCNC3)ccc2[nH]1.CN(C)C(=O)c1cc2cc(C3(Cc4ccccc4)CCNC3)ccc2[nH]1.c1ccc(CC2(c3cnc4[nH]ccc4c3)CCNC2)cc1. The zero-order valence-corrected chi connectivity index (χ0v) is 64.0. The molecule has 5 unspecified atom stereocenters. The minimum absolute atomic E-state index is 0.00396. The maximum absolute atomic E-state index is 12.2. The summed E-state index contributed by atoms with van der Waals surface area (Å²) in [6.45, 7) is 17.5. The molecule has 1 amide bonds. The van der Waals surface area contributed by atoms with Crippen LogP contribution in [0.2, 0.25) is 0 Å². The average molecular weight is 1440 g/mol. The van der Waals surface area contributed by atoms with Crippen molar-refractivity contribution in [1.82, 2.24) is 61.4 Å². The van der Waals surface area contributed by atoms with E-state index in [-0.39, 0.29) is 28.1 Å². The van der Waals surface area contributed by atoms with E-state index in [1.165, 1.54) is 123 Å². The van der Waals surface area contributed by atoms with Gasteiger partial charge in [-0.25, -0.2) is 9.78 Å². The number of carbonyl (C=O) groups is 2. The van der Waals surface area contributed by atoms with Gasteiger partial charge in [0.1, 0.15) is 17.0 Å². The lowest BCUT2D eigenvalue weighted by Crippen LogP contribution is -2.31. The Kier molecular flexibility index (Phi) is 23.7. The number of unbranched alkanes of at least 4 members (excludes halogenated alkanes) is 1. The maximum atomic E-state index is 12.2. The Morgan fingerprint density at radius 1 is 0.398 bits per heavy atom. The van der Waals surface area contributed by atoms with Crippen LogP contribution in [-0.2, 0) is 51.1 Å². The molecular weight excluding hydrogens is 1330 g/mol. The smallest absolute Gasteiger partial charge is 0.354 e. The van der Waals surface area contributed by atoms with E-state index in [4.69, 9.17) is 4.74 Å². The molecule has 11 heterocycles. The van der Waals surface area contributed by atoms with Crippen LogP contribution in [0.5, 0.6) is 0 Å². The number of amides is 1. The van der Waals surface area contributed by atoms with Crippen molar-refractivity contribution in [2.45, 2.75) is 131 Å². The summed E-state index contributed by atoms with van der Waals surface area (Å²) < 4.78 is 5.11. The second-order valence-corrected chi connectivity index (χ2v) is 31.5. The summed E-state index contributed by atoms with van der Waals surface area (Å²) in [5.74, 6) is -0.295. The van der Waals surface area contributed by atoms with Gasteiger partial charge in [0.2, 0.25) is 0 Å². The van der Waals surface area contributed by atoms with Crippen molar-refractivity contribution in [3.05, 3.63) is 281 Å². The summed E-state index contributed by atoms with van der Waals surface area (Å²) in [7, 11) is 3.55. The highest BCUT2D eigenvalue weighted by Gasteiger charge is 2.40. The first-order valence-electron chi connectivity index (χ1n) is 39.7. The van der Waals surface area contributed by atoms with Gasteiger partial charge in [-0.15, -0.1) is 0 Å². The number of pyridine rings is 1. The molecule has 15 nitrogen and oxygen atoms in total. The normalized spacial score (nSPS) is 21.6. The van der Waals surface area contributed by atoms with Crippen molar-refractivity contribution in [1.29, 1.82) is 0 Å². The van der Waals surface area contributed by atoms with Crippen LogP contribution in [0, 0.1) is 0 Å². The lowest BCUT2D eigenvalue weighted by Gasteiger charge is -2.29. The number of ether oxygens (including phenoxy) is 1. The molecule has 18 rings (SSSR count). The van der Waals surface area contributed by atoms with Crippen LogP contribution >= 0.6 is 0 Å². The maximum Gasteiger partial charge on any atom is 0.354 e. The van der Waals surface area contributed by atoms with Gasteiger partial charge < -0.3 is 61.1 Å². The molecular formula is C93H110N12O3. The van der Waals surface area contributed by atoms with Gasteiger partial charge in [0.05, 0.1) is 6.61 Å². The van der Waals surface area contributed by atoms with Crippen LogP contribution in [-0.4, -0.2) is 133 Å². The standard InChI is InChI=1S/C22H25N3O.C22H24N2O2.C18H19N3.C16H22N2.C15H20N2/c1-25(2)21(26)20-13-17-12-18(8-9-19(17)24-20)22(10-11-23-15-22)14-16-6-4-3-5-7-16;1-2-26-21(25)20-13-17-12-18(8-9-19(17)24-20)22(10-11-23-15-22)14-16-6-4-3-5-7-16;1-2-4-14(5-3-1)11-18(7-9-19-13-18)16-10-15-6-8-20-17(15)21-12-16;1-2-3-7-16(8-10-17-12-16)14-4-5-15-13(11-14)6-9-18-15;1-2-6-15(7-9-16-11-15)13-3-4-14-12(10-13)5-8-17-14/h3-9,12-13,23-24H,10-11,14-15H2,1-2H3;3-9,12-13,23-24H,2,10-11,14-15H2,1H3;1-6,8,10,12,19H,7,9,11,13H2,(H,20,21);4-6,9,11,17-18H,2-3,7-8,10,12H2,1H3;3-5,8,10,16-17H,2,6-7,9,11H2,1H3. The van der Waals surface area contributed by atoms with Crippen LogP contribution in [0.4, 0.5) is 0 Å². The molecule has 0 spiro atoms. The third-order valence-electron chi connectivity index (χ3n) is 24.1. The van der Waals surface area contributed by atoms with Crippen molar-refractivity contribution in [2.75, 3.05) is 86.1 Å². The molecule has 5 atom stereocenters. The first kappa shape index (κ1) is 75.0. The number of hydrogen-bond donors (Lipinski definition) is 10. The van der Waals surface area contributed by atoms with E-state index in [0.717, 1.165) is 125 Å². The van der Waals surface area contributed by atoms with Gasteiger partial charge >= 0.3 is 5.97 Å². The van der Waals surface area contributed by atoms with Gasteiger partial charge in [0.15, 0.2) is 0 Å². The van der Waals surface area contributed by atoms with Crippen LogP contribution in [0.1, 0.15) is 150 Å². The molecule has 5 fully saturated rings. The number of hydrogen-bond acceptors (Lipinski definition) is 9. The lowest BCUT2D eigenvalue weighted by molar-refractivity contribution is 0.0520. The highest BCUT2D eigenvalue weighted by molar-refractivity contribution is 5.98. The monoisotopic (exact) mass is 1440 g/mol. The van der Waals surface area contributed by atoms with Crippen molar-refractivity contribution in [2.24, 2.45) is 0 Å². The molecule has 13 aromatic rings. The summed E-state index contributed by atoms with van der Waals surface area (Å²) in [5, 5.41) is 23.8. The minimum Gasteiger partial charge on any atom is -0.461 e. The number of fused-ring (bicyclic) bond motifs is 5. The Balaban J connectivity index is 0.000000114. The highest BCUT2D eigenvalue weighted by Crippen LogP contribution is 2.42. The molecule has 10 N–H and O–H groups in total. The zero-order chi connectivity index (χ0) is 74.4. The number of carbonyl (C=O) groups excluding carboxylic acids is 2. The van der Waals surface area contributed by atoms with Crippen LogP contribution in [0.15, 0.2) is 225 Å². The lowest BCUT2D eigenvalue weighted by atomic mass is 9.74. The summed E-state index contributed by atoms with van der Waals surface area (Å²) in [5.41, 5.74) is 18.9. The van der Waals surface area contributed by atoms with Gasteiger partial charge in [-0.1, -0.05) is 148 Å². The fourth-order valence-electron chi connectivity index (χ4n) is 18.0. The minimum atomic E-state index is -0.299. The Morgan fingerprint density at radius 3 is 1.22 bits per heavy atom. The summed E-state index contributed by atoms with van der Waals surface area (Å²) >= 11 is 0. The third-order valence-corrected chi connectivity index (χ3v) is 24.1. The van der Waals surface area contributed by atoms with Crippen LogP contribution < -0.4 is 26.6 Å². The van der Waals surface area contributed by atoms with Gasteiger partial charge in [-0.2, -0.15) is 0 Å². The first-order valence-corrected chi connectivity index (χ1v) is 39.7. The summed E-state index contributed by atoms with van der Waals surface area (Å²) in [6, 6.07) is 71.7. The number of aromatic amines is 5. The second kappa shape index (κ2) is 34.1. The first-order chi connectivity index (χ1) is 52.8. The molecule has 15 heteroatoms. The van der Waals surface area contributed by atoms with E-state index in [1.54, 1.807) is 19.0 Å². The van der Waals surface area contributed by atoms with E-state index in [2.05, 4.69) is 265 Å². The number of nitrogens with zero attached hydrogens (tertiary/aromatic N) is 2. The largest absolute Gasteiger partial charge is 0.461 e. The van der Waals surface area contributed by atoms with Crippen LogP contribution in [0.25, 0.3) is 54.6 Å². The Hall–Kier alpha value is -9.87. The number of H-pyrrole nitrogens is 5. The number of rotatable bonds is 19. The Bertz CT molecular complexity index is 5050. The van der Waals surface area contributed by atoms with Gasteiger partial charge in [0, 0.05) is 137 Å². The number of esters is 1. The van der Waals surface area contributed by atoms with E-state index < -0.39 is 0 Å². The molecule has 7 aromatic carbocycles. The molecule has 0 saturated carbocycles. The van der Waals surface area contributed by atoms with E-state index in [0.29, 0.717) is 28.8 Å². The van der Waals surface area contributed by atoms with Gasteiger partial charge in [0.25, 0.3) is 5.91 Å². The van der Waals surface area contributed by atoms with Crippen LogP contribution in [0.3, 0.4) is 0 Å². The molecule has 0 bridgehead atoms. The Labute approximate surface area is 637 Å². The van der Waals surface area contributed by atoms with E-state index in [1.807, 2.05) is 37.6 Å². The topological polar surface area (TPSA) is 199 Å². The van der Waals surface area contributed by atoms with Crippen molar-refractivity contribution >= 4 is 66.5 Å². The average Bonchev–Trinajstić information content (AvgIpc) is 1.61. The number of nitrogens with one attached hydrogen (secondary N) is 10. The molecule has 560 valence electrons. The molecule has 5 aliphatic heterocycles. The van der Waals surface area contributed by atoms with E-state index in [9.17, 15) is 9.59 Å². The van der Waals surface area contributed by atoms with Gasteiger partial charge in [-0.05, 0) is 244 Å². The molecule has 0 aliphatic carbocycles. The summed E-state index contributed by atoms with van der Waals surface area (Å²) in [4.78, 5) is 46.6. The molecule has 0 radical (unpaired) electrons. The Morgan fingerprint density at radius 2 is 0.787 bits per heavy atom. The molecule has 108 heavy (non-hydrogen) atoms. The zero-order valence-electron chi connectivity index (χ0n) is 64.0. The fraction of sp³-hybridized carbons (Fsp3) is 0.366.